The largest absolute Gasteiger partial charge is 0.619 e. The quantitative estimate of drug-likeness (QED) is 0.453. The summed E-state index contributed by atoms with van der Waals surface area (Å²) in [5, 5.41) is 22.0. The Morgan fingerprint density at radius 2 is 2.06 bits per heavy atom. The number of pyridine rings is 1. The summed E-state index contributed by atoms with van der Waals surface area (Å²) in [5.41, 5.74) is 1.53. The van der Waals surface area contributed by atoms with Gasteiger partial charge in [0.1, 0.15) is 11.9 Å². The highest BCUT2D eigenvalue weighted by Gasteiger charge is 2.50. The summed E-state index contributed by atoms with van der Waals surface area (Å²) in [6.45, 7) is 5.65. The van der Waals surface area contributed by atoms with E-state index < -0.39 is 17.4 Å². The van der Waals surface area contributed by atoms with E-state index in [2.05, 4.69) is 25.7 Å². The van der Waals surface area contributed by atoms with E-state index >= 15 is 0 Å². The molecule has 0 aromatic carbocycles. The van der Waals surface area contributed by atoms with Gasteiger partial charge >= 0.3 is 0 Å². The molecule has 0 unspecified atom stereocenters. The molecule has 33 heavy (non-hydrogen) atoms. The average molecular weight is 447 g/mol. The number of rotatable bonds is 5. The summed E-state index contributed by atoms with van der Waals surface area (Å²) < 4.78 is 2.27. The van der Waals surface area contributed by atoms with Crippen molar-refractivity contribution in [2.45, 2.75) is 45.6 Å². The van der Waals surface area contributed by atoms with Crippen LogP contribution < -0.4 is 15.4 Å². The van der Waals surface area contributed by atoms with Crippen molar-refractivity contribution < 1.29 is 14.3 Å². The maximum Gasteiger partial charge on any atom is 0.272 e. The van der Waals surface area contributed by atoms with E-state index in [4.69, 9.17) is 0 Å². The second-order valence-corrected chi connectivity index (χ2v) is 9.68. The first-order valence-corrected chi connectivity index (χ1v) is 10.9. The van der Waals surface area contributed by atoms with E-state index in [0.29, 0.717) is 28.2 Å². The van der Waals surface area contributed by atoms with Gasteiger partial charge in [-0.1, -0.05) is 26.8 Å². The summed E-state index contributed by atoms with van der Waals surface area (Å²) in [6.07, 6.45) is 7.43. The first-order valence-electron chi connectivity index (χ1n) is 10.9. The van der Waals surface area contributed by atoms with Crippen LogP contribution in [-0.2, 0) is 11.2 Å². The van der Waals surface area contributed by atoms with Crippen molar-refractivity contribution in [2.24, 2.45) is 11.3 Å². The molecule has 0 radical (unpaired) electrons. The highest BCUT2D eigenvalue weighted by molar-refractivity contribution is 6.01. The van der Waals surface area contributed by atoms with Crippen LogP contribution >= 0.6 is 0 Å². The van der Waals surface area contributed by atoms with Crippen molar-refractivity contribution in [3.63, 3.8) is 0 Å². The van der Waals surface area contributed by atoms with Crippen LogP contribution in [0.4, 0.5) is 5.82 Å². The van der Waals surface area contributed by atoms with Crippen molar-refractivity contribution in [3.8, 4) is 5.82 Å². The van der Waals surface area contributed by atoms with E-state index in [1.54, 1.807) is 29.1 Å². The Balaban J connectivity index is 1.44. The molecule has 170 valence electrons. The van der Waals surface area contributed by atoms with Gasteiger partial charge in [-0.15, -0.1) is 0 Å². The van der Waals surface area contributed by atoms with Crippen molar-refractivity contribution in [1.29, 1.82) is 0 Å². The molecule has 0 aliphatic heterocycles. The first-order chi connectivity index (χ1) is 15.7. The molecule has 3 heterocycles. The van der Waals surface area contributed by atoms with Gasteiger partial charge in [-0.2, -0.15) is 9.83 Å². The van der Waals surface area contributed by atoms with Crippen molar-refractivity contribution in [3.05, 3.63) is 65.1 Å². The molecule has 1 saturated carbocycles. The summed E-state index contributed by atoms with van der Waals surface area (Å²) in [5.74, 6) is 0.818. The molecular weight excluding hydrogens is 422 g/mol. The Labute approximate surface area is 190 Å². The van der Waals surface area contributed by atoms with Gasteiger partial charge in [0, 0.05) is 17.7 Å². The van der Waals surface area contributed by atoms with Gasteiger partial charge in [-0.05, 0) is 36.3 Å². The number of hydrogen-bond acceptors (Lipinski definition) is 6. The molecule has 3 aromatic heterocycles. The molecule has 3 aromatic rings. The minimum atomic E-state index is -0.817. The maximum absolute atomic E-state index is 13.4. The Morgan fingerprint density at radius 3 is 2.76 bits per heavy atom. The van der Waals surface area contributed by atoms with Crippen molar-refractivity contribution in [2.75, 3.05) is 5.32 Å². The van der Waals surface area contributed by atoms with Crippen LogP contribution in [-0.4, -0.2) is 37.6 Å². The lowest BCUT2D eigenvalue weighted by atomic mass is 9.86. The summed E-state index contributed by atoms with van der Waals surface area (Å²) in [7, 11) is 0. The Hall–Kier alpha value is -3.82. The standard InChI is InChI=1S/C23H25N7O3/c1-23(2,3)20(22(32)26-16-6-4-5-7-24-16)27-21(31)18-15-11-13-10-14(13)19(15)30(28-18)17-12-29(33)9-8-25-17/h4-9,12-14,20H,10-11H2,1-3H3,(H,27,31)(H,24,26,32)/t13-,14-,20-/m1/s1. The Kier molecular flexibility index (Phi) is 4.88. The monoisotopic (exact) mass is 447 g/mol. The van der Waals surface area contributed by atoms with E-state index in [0.717, 1.165) is 24.1 Å². The maximum atomic E-state index is 13.4. The van der Waals surface area contributed by atoms with Crippen LogP contribution in [0.25, 0.3) is 5.82 Å². The molecule has 10 nitrogen and oxygen atoms in total. The predicted molar refractivity (Wildman–Crippen MR) is 118 cm³/mol. The lowest BCUT2D eigenvalue weighted by Gasteiger charge is -2.30. The summed E-state index contributed by atoms with van der Waals surface area (Å²) >= 11 is 0. The fraction of sp³-hybridized carbons (Fsp3) is 0.391. The molecule has 2 N–H and O–H groups in total. The minimum Gasteiger partial charge on any atom is -0.619 e. The second kappa shape index (κ2) is 7.65. The molecule has 2 amide bonds. The summed E-state index contributed by atoms with van der Waals surface area (Å²) in [4.78, 5) is 34.8. The normalized spacial score (nSPS) is 19.4. The fourth-order valence-electron chi connectivity index (χ4n) is 4.46. The molecule has 0 bridgehead atoms. The van der Waals surface area contributed by atoms with Gasteiger partial charge in [0.15, 0.2) is 11.9 Å². The molecule has 5 rings (SSSR count). The number of carbonyl (C=O) groups is 2. The Bertz CT molecular complexity index is 1230. The molecule has 2 aliphatic carbocycles. The highest BCUT2D eigenvalue weighted by Crippen LogP contribution is 2.57. The van der Waals surface area contributed by atoms with Crippen LogP contribution in [0.2, 0.25) is 0 Å². The van der Waals surface area contributed by atoms with Crippen LogP contribution in [0.15, 0.2) is 43.0 Å². The van der Waals surface area contributed by atoms with Crippen LogP contribution in [0.3, 0.4) is 0 Å². The van der Waals surface area contributed by atoms with Crippen LogP contribution in [0, 0.1) is 16.5 Å². The van der Waals surface area contributed by atoms with E-state index in [1.165, 1.54) is 18.6 Å². The van der Waals surface area contributed by atoms with Gasteiger partial charge in [0.25, 0.3) is 5.91 Å². The number of amides is 2. The highest BCUT2D eigenvalue weighted by atomic mass is 16.5. The van der Waals surface area contributed by atoms with Gasteiger partial charge in [0.2, 0.25) is 17.9 Å². The zero-order chi connectivity index (χ0) is 23.3. The van der Waals surface area contributed by atoms with E-state index in [-0.39, 0.29) is 11.6 Å². The second-order valence-electron chi connectivity index (χ2n) is 9.68. The van der Waals surface area contributed by atoms with Crippen LogP contribution in [0.5, 0.6) is 0 Å². The minimum absolute atomic E-state index is 0.278. The topological polar surface area (TPSA) is 129 Å². The molecule has 3 atom stereocenters. The summed E-state index contributed by atoms with van der Waals surface area (Å²) in [6, 6.07) is 4.41. The molecule has 10 heteroatoms. The predicted octanol–water partition coefficient (Wildman–Crippen LogP) is 1.74. The van der Waals surface area contributed by atoms with Gasteiger partial charge in [-0.3, -0.25) is 9.59 Å². The lowest BCUT2D eigenvalue weighted by molar-refractivity contribution is -0.605. The number of anilines is 1. The van der Waals surface area contributed by atoms with Crippen molar-refractivity contribution in [1.82, 2.24) is 25.1 Å². The third-order valence-electron chi connectivity index (χ3n) is 6.18. The first kappa shape index (κ1) is 21.0. The number of aromatic nitrogens is 5. The molecular formula is C23H25N7O3. The smallest absolute Gasteiger partial charge is 0.272 e. The Morgan fingerprint density at radius 1 is 1.24 bits per heavy atom. The molecule has 1 fully saturated rings. The number of hydrogen-bond donors (Lipinski definition) is 2. The number of nitrogens with zero attached hydrogens (tertiary/aromatic N) is 5. The third kappa shape index (κ3) is 3.92. The molecule has 0 spiro atoms. The lowest BCUT2D eigenvalue weighted by Crippen LogP contribution is -2.51. The van der Waals surface area contributed by atoms with E-state index in [1.807, 2.05) is 20.8 Å². The number of nitrogens with one attached hydrogen (secondary N) is 2. The zero-order valence-electron chi connectivity index (χ0n) is 18.6. The fourth-order valence-corrected chi connectivity index (χ4v) is 4.46. The SMILES string of the molecule is CC(C)(C)[C@H](NC(=O)c1nn(-c2c[n+]([O-])ccn2)c2c1C[C@H]1C[C@@H]21)C(=O)Nc1ccccn1. The molecule has 2 aliphatic rings. The molecule has 0 saturated heterocycles. The number of carbonyl (C=O) groups excluding carboxylic acids is 2. The number of fused-ring (bicyclic) bond motifs is 3. The van der Waals surface area contributed by atoms with E-state index in [9.17, 15) is 14.8 Å². The average Bonchev–Trinajstić information content (AvgIpc) is 3.26. The zero-order valence-corrected chi connectivity index (χ0v) is 18.6. The van der Waals surface area contributed by atoms with Gasteiger partial charge < -0.3 is 15.8 Å². The van der Waals surface area contributed by atoms with Crippen LogP contribution in [0.1, 0.15) is 54.9 Å². The third-order valence-corrected chi connectivity index (χ3v) is 6.18. The van der Waals surface area contributed by atoms with Gasteiger partial charge in [0.05, 0.1) is 11.9 Å². The van der Waals surface area contributed by atoms with Crippen molar-refractivity contribution >= 4 is 17.6 Å². The van der Waals surface area contributed by atoms with Gasteiger partial charge in [-0.25, -0.2) is 14.6 Å².